The Balaban J connectivity index is 1.49. The Morgan fingerprint density at radius 1 is 1.29 bits per heavy atom. The summed E-state index contributed by atoms with van der Waals surface area (Å²) in [6, 6.07) is 0. The van der Waals surface area contributed by atoms with Gasteiger partial charge in [-0.1, -0.05) is 0 Å². The van der Waals surface area contributed by atoms with E-state index >= 15 is 0 Å². The summed E-state index contributed by atoms with van der Waals surface area (Å²) in [7, 11) is 1.72. The van der Waals surface area contributed by atoms with E-state index in [-0.39, 0.29) is 24.9 Å². The van der Waals surface area contributed by atoms with Gasteiger partial charge in [0.2, 0.25) is 12.3 Å². The first kappa shape index (κ1) is 16.2. The molecule has 3 saturated carbocycles. The molecule has 3 fully saturated rings. The Morgan fingerprint density at radius 2 is 1.96 bits per heavy atom. The normalized spacial score (nSPS) is 30.5. The summed E-state index contributed by atoms with van der Waals surface area (Å²) in [6.07, 6.45) is -0.142. The van der Waals surface area contributed by atoms with Crippen LogP contribution < -0.4 is 5.32 Å². The molecule has 0 saturated heterocycles. The molecular weight excluding hydrogens is 323 g/mol. The number of nitrogens with zero attached hydrogens (tertiary/aromatic N) is 2. The summed E-state index contributed by atoms with van der Waals surface area (Å²) in [5, 5.41) is 17.4. The van der Waals surface area contributed by atoms with Gasteiger partial charge >= 0.3 is 0 Å². The van der Waals surface area contributed by atoms with Crippen molar-refractivity contribution in [2.24, 2.45) is 7.05 Å². The molecule has 0 unspecified atom stereocenters. The van der Waals surface area contributed by atoms with Gasteiger partial charge in [0.1, 0.15) is 12.0 Å². The highest BCUT2D eigenvalue weighted by molar-refractivity contribution is 5.53. The highest BCUT2D eigenvalue weighted by Gasteiger charge is 2.49. The topological polar surface area (TPSA) is 59.3 Å². The number of aromatic nitrogens is 2. The Labute approximate surface area is 138 Å². The van der Waals surface area contributed by atoms with E-state index in [9.17, 15) is 18.3 Å². The predicted molar refractivity (Wildman–Crippen MR) is 80.7 cm³/mol. The van der Waals surface area contributed by atoms with Crippen LogP contribution in [0, 0.1) is 0 Å². The maximum Gasteiger partial charge on any atom is 0.249 e. The number of alkyl halides is 3. The summed E-state index contributed by atoms with van der Waals surface area (Å²) >= 11 is 0. The molecule has 1 aromatic rings. The molecule has 0 spiro atoms. The van der Waals surface area contributed by atoms with Crippen molar-refractivity contribution in [2.45, 2.75) is 75.0 Å². The lowest BCUT2D eigenvalue weighted by Crippen LogP contribution is -2.38. The quantitative estimate of drug-likeness (QED) is 0.778. The second-order valence-electron chi connectivity index (χ2n) is 7.33. The van der Waals surface area contributed by atoms with Crippen molar-refractivity contribution in [1.82, 2.24) is 9.78 Å². The van der Waals surface area contributed by atoms with Crippen molar-refractivity contribution < 1.29 is 23.0 Å². The van der Waals surface area contributed by atoms with Crippen LogP contribution in [-0.2, 0) is 11.8 Å². The van der Waals surface area contributed by atoms with Gasteiger partial charge in [0.25, 0.3) is 0 Å². The number of nitrogens with one attached hydrogen (secondary N) is 1. The second-order valence-corrected chi connectivity index (χ2v) is 7.33. The van der Waals surface area contributed by atoms with E-state index in [1.165, 1.54) is 0 Å². The molecule has 0 bridgehead atoms. The lowest BCUT2D eigenvalue weighted by Gasteiger charge is -2.34. The van der Waals surface area contributed by atoms with Gasteiger partial charge in [-0.25, -0.2) is 13.2 Å². The number of aliphatic hydroxyl groups is 1. The molecule has 1 aromatic heterocycles. The van der Waals surface area contributed by atoms with Gasteiger partial charge in [-0.2, -0.15) is 5.10 Å². The van der Waals surface area contributed by atoms with Crippen LogP contribution in [0.3, 0.4) is 0 Å². The maximum absolute atomic E-state index is 13.2. The summed E-state index contributed by atoms with van der Waals surface area (Å²) < 4.78 is 46.2. The molecule has 1 heterocycles. The Morgan fingerprint density at radius 3 is 2.50 bits per heavy atom. The molecule has 3 aliphatic carbocycles. The fraction of sp³-hybridized carbons (Fsp3) is 0.812. The second kappa shape index (κ2) is 5.62. The van der Waals surface area contributed by atoms with Crippen LogP contribution in [0.4, 0.5) is 19.0 Å². The van der Waals surface area contributed by atoms with Crippen molar-refractivity contribution >= 4 is 5.82 Å². The van der Waals surface area contributed by atoms with Crippen LogP contribution in [0.15, 0.2) is 0 Å². The van der Waals surface area contributed by atoms with Crippen molar-refractivity contribution in [3.05, 3.63) is 11.3 Å². The van der Waals surface area contributed by atoms with Gasteiger partial charge in [-0.15, -0.1) is 0 Å². The number of hydrogen-bond acceptors (Lipinski definition) is 4. The van der Waals surface area contributed by atoms with Gasteiger partial charge in [0, 0.05) is 44.2 Å². The fourth-order valence-electron chi connectivity index (χ4n) is 3.61. The van der Waals surface area contributed by atoms with Crippen molar-refractivity contribution in [3.8, 4) is 0 Å². The zero-order valence-corrected chi connectivity index (χ0v) is 13.5. The van der Waals surface area contributed by atoms with Crippen molar-refractivity contribution in [3.63, 3.8) is 0 Å². The molecule has 2 N–H and O–H groups in total. The number of hydrogen-bond donors (Lipinski definition) is 2. The van der Waals surface area contributed by atoms with Gasteiger partial charge in [0.15, 0.2) is 0 Å². The lowest BCUT2D eigenvalue weighted by molar-refractivity contribution is -0.155. The van der Waals surface area contributed by atoms with Crippen LogP contribution in [0.1, 0.15) is 61.6 Å². The molecule has 1 atom stereocenters. The molecule has 8 heteroatoms. The number of aliphatic hydroxyl groups excluding tert-OH is 1. The molecule has 5 nitrogen and oxygen atoms in total. The predicted octanol–water partition coefficient (Wildman–Crippen LogP) is 3.02. The zero-order valence-electron chi connectivity index (χ0n) is 13.5. The summed E-state index contributed by atoms with van der Waals surface area (Å²) in [6.45, 7) is 0. The first-order chi connectivity index (χ1) is 11.3. The molecule has 3 aliphatic rings. The van der Waals surface area contributed by atoms with E-state index in [1.807, 2.05) is 0 Å². The summed E-state index contributed by atoms with van der Waals surface area (Å²) in [5.41, 5.74) is 1.64. The standard InChI is InChI=1S/C16H22F3N3O2/c1-22-14(20-15(23)24-11-4-10(17)5-11)12(8-2-3-8)13(21-22)9-6-16(18,19)7-9/h8-11,15,20,23H,2-7H2,1H3/t10-,11+,15-/m0/s1. The smallest absolute Gasteiger partial charge is 0.249 e. The Bertz CT molecular complexity index is 618. The van der Waals surface area contributed by atoms with Crippen molar-refractivity contribution in [2.75, 3.05) is 5.32 Å². The third-order valence-corrected chi connectivity index (χ3v) is 5.19. The monoisotopic (exact) mass is 345 g/mol. The lowest BCUT2D eigenvalue weighted by atomic mass is 9.77. The van der Waals surface area contributed by atoms with E-state index in [0.717, 1.165) is 18.4 Å². The van der Waals surface area contributed by atoms with Crippen LogP contribution in [0.2, 0.25) is 0 Å². The molecule has 0 aliphatic heterocycles. The van der Waals surface area contributed by atoms with E-state index in [1.54, 1.807) is 11.7 Å². The Kier molecular flexibility index (Phi) is 3.80. The van der Waals surface area contributed by atoms with Crippen LogP contribution >= 0.6 is 0 Å². The minimum absolute atomic E-state index is 0.164. The average molecular weight is 345 g/mol. The fourth-order valence-corrected chi connectivity index (χ4v) is 3.61. The highest BCUT2D eigenvalue weighted by atomic mass is 19.3. The van der Waals surface area contributed by atoms with Gasteiger partial charge in [0.05, 0.1) is 11.8 Å². The van der Waals surface area contributed by atoms with Gasteiger partial charge < -0.3 is 15.2 Å². The average Bonchev–Trinajstić information content (AvgIpc) is 3.21. The molecule has 134 valence electrons. The Hall–Kier alpha value is -1.28. The van der Waals surface area contributed by atoms with E-state index in [4.69, 9.17) is 4.74 Å². The molecule has 0 amide bonds. The zero-order chi connectivity index (χ0) is 17.1. The van der Waals surface area contributed by atoms with E-state index in [2.05, 4.69) is 10.4 Å². The third-order valence-electron chi connectivity index (χ3n) is 5.19. The first-order valence-electron chi connectivity index (χ1n) is 8.51. The number of aryl methyl sites for hydroxylation is 1. The highest BCUT2D eigenvalue weighted by Crippen LogP contribution is 2.53. The van der Waals surface area contributed by atoms with Crippen LogP contribution in [0.5, 0.6) is 0 Å². The maximum atomic E-state index is 13.2. The number of halogens is 3. The molecule has 4 rings (SSSR count). The third kappa shape index (κ3) is 3.01. The van der Waals surface area contributed by atoms with Crippen LogP contribution in [0.25, 0.3) is 0 Å². The molecular formula is C16H22F3N3O2. The molecule has 24 heavy (non-hydrogen) atoms. The SMILES string of the molecule is Cn1nc(C2CC(F)(F)C2)c(C2CC2)c1N[C@@H](O)O[C@H]1C[C@@H](F)C1. The molecule has 0 aromatic carbocycles. The van der Waals surface area contributed by atoms with Gasteiger partial charge in [-0.3, -0.25) is 4.68 Å². The number of rotatable bonds is 6. The minimum atomic E-state index is -2.59. The van der Waals surface area contributed by atoms with Gasteiger partial charge in [-0.05, 0) is 18.8 Å². The largest absolute Gasteiger partial charge is 0.351 e. The number of ether oxygens (including phenoxy) is 1. The summed E-state index contributed by atoms with van der Waals surface area (Å²) in [5.74, 6) is -1.90. The minimum Gasteiger partial charge on any atom is -0.351 e. The number of anilines is 1. The van der Waals surface area contributed by atoms with Crippen LogP contribution in [-0.4, -0.2) is 39.5 Å². The molecule has 0 radical (unpaired) electrons. The van der Waals surface area contributed by atoms with E-state index < -0.39 is 18.5 Å². The summed E-state index contributed by atoms with van der Waals surface area (Å²) in [4.78, 5) is 0. The van der Waals surface area contributed by atoms with E-state index in [0.29, 0.717) is 30.3 Å². The first-order valence-corrected chi connectivity index (χ1v) is 8.51. The van der Waals surface area contributed by atoms with Crippen molar-refractivity contribution in [1.29, 1.82) is 0 Å².